The number of rotatable bonds is 8. The van der Waals surface area contributed by atoms with E-state index in [1.807, 2.05) is 18.8 Å². The number of anilines is 1. The monoisotopic (exact) mass is 308 g/mol. The number of hydrogen-bond acceptors (Lipinski definition) is 3. The number of aryl methyl sites for hydroxylation is 1. The molecule has 0 saturated carbocycles. The van der Waals surface area contributed by atoms with Gasteiger partial charge in [-0.1, -0.05) is 12.1 Å². The third kappa shape index (κ3) is 6.76. The normalized spacial score (nSPS) is 11.3. The molecule has 21 heavy (non-hydrogen) atoms. The van der Waals surface area contributed by atoms with Gasteiger partial charge in [0, 0.05) is 44.7 Å². The Kier molecular flexibility index (Phi) is 8.74. The quantitative estimate of drug-likeness (QED) is 0.439. The van der Waals surface area contributed by atoms with Crippen LogP contribution in [0, 0.1) is 6.92 Å². The molecule has 0 radical (unpaired) electrons. The fourth-order valence-electron chi connectivity index (χ4n) is 2.10. The molecule has 118 valence electrons. The van der Waals surface area contributed by atoms with E-state index in [2.05, 4.69) is 64.9 Å². The van der Waals surface area contributed by atoms with Crippen molar-refractivity contribution in [2.24, 2.45) is 4.99 Å². The highest BCUT2D eigenvalue weighted by atomic mass is 32.2. The Labute approximate surface area is 133 Å². The van der Waals surface area contributed by atoms with Gasteiger partial charge in [0.1, 0.15) is 0 Å². The van der Waals surface area contributed by atoms with Gasteiger partial charge < -0.3 is 15.5 Å². The van der Waals surface area contributed by atoms with Gasteiger partial charge >= 0.3 is 0 Å². The zero-order valence-corrected chi connectivity index (χ0v) is 14.5. The Morgan fingerprint density at radius 2 is 2.05 bits per heavy atom. The maximum Gasteiger partial charge on any atom is 0.191 e. The Hall–Kier alpha value is -1.36. The molecule has 0 bridgehead atoms. The fourth-order valence-corrected chi connectivity index (χ4v) is 2.40. The first kappa shape index (κ1) is 17.7. The van der Waals surface area contributed by atoms with E-state index in [9.17, 15) is 0 Å². The van der Waals surface area contributed by atoms with Crippen LogP contribution in [0.25, 0.3) is 0 Å². The van der Waals surface area contributed by atoms with Gasteiger partial charge in [-0.3, -0.25) is 4.99 Å². The van der Waals surface area contributed by atoms with Gasteiger partial charge in [-0.05, 0) is 37.8 Å². The van der Waals surface area contributed by atoms with Crippen LogP contribution in [0.4, 0.5) is 5.69 Å². The van der Waals surface area contributed by atoms with E-state index in [0.717, 1.165) is 37.9 Å². The molecular weight excluding hydrogens is 280 g/mol. The van der Waals surface area contributed by atoms with Crippen LogP contribution >= 0.6 is 11.8 Å². The minimum atomic E-state index is 0.876. The van der Waals surface area contributed by atoms with Crippen molar-refractivity contribution >= 4 is 23.4 Å². The van der Waals surface area contributed by atoms with Crippen molar-refractivity contribution in [3.63, 3.8) is 0 Å². The van der Waals surface area contributed by atoms with E-state index >= 15 is 0 Å². The summed E-state index contributed by atoms with van der Waals surface area (Å²) in [4.78, 5) is 6.61. The third-order valence-electron chi connectivity index (χ3n) is 3.24. The maximum absolute atomic E-state index is 4.24. The first-order valence-corrected chi connectivity index (χ1v) is 8.85. The lowest BCUT2D eigenvalue weighted by Crippen LogP contribution is -2.42. The van der Waals surface area contributed by atoms with Gasteiger partial charge in [0.25, 0.3) is 0 Å². The number of benzene rings is 1. The molecule has 4 nitrogen and oxygen atoms in total. The van der Waals surface area contributed by atoms with E-state index < -0.39 is 0 Å². The van der Waals surface area contributed by atoms with Gasteiger partial charge in [-0.15, -0.1) is 0 Å². The van der Waals surface area contributed by atoms with Crippen molar-refractivity contribution in [3.8, 4) is 0 Å². The van der Waals surface area contributed by atoms with E-state index in [4.69, 9.17) is 0 Å². The Morgan fingerprint density at radius 3 is 2.67 bits per heavy atom. The minimum Gasteiger partial charge on any atom is -0.370 e. The molecule has 0 heterocycles. The van der Waals surface area contributed by atoms with E-state index in [0.29, 0.717) is 0 Å². The minimum absolute atomic E-state index is 0.876. The Bertz CT molecular complexity index is 434. The molecule has 0 aromatic heterocycles. The summed E-state index contributed by atoms with van der Waals surface area (Å²) in [6.07, 6.45) is 2.11. The molecule has 0 aliphatic heterocycles. The molecule has 2 N–H and O–H groups in total. The van der Waals surface area contributed by atoms with Gasteiger partial charge in [0.2, 0.25) is 0 Å². The van der Waals surface area contributed by atoms with Crippen molar-refractivity contribution in [3.05, 3.63) is 29.8 Å². The summed E-state index contributed by atoms with van der Waals surface area (Å²) in [5.74, 6) is 1.97. The van der Waals surface area contributed by atoms with Crippen LogP contribution in [0.3, 0.4) is 0 Å². The molecule has 0 fully saturated rings. The SMILES string of the molecule is CCN(CCNC(=NC)NCCSC)c1cccc(C)c1. The topological polar surface area (TPSA) is 39.7 Å². The largest absolute Gasteiger partial charge is 0.370 e. The first-order chi connectivity index (χ1) is 10.2. The summed E-state index contributed by atoms with van der Waals surface area (Å²) in [5, 5.41) is 6.68. The second kappa shape index (κ2) is 10.4. The number of aliphatic imine (C=N–C) groups is 1. The van der Waals surface area contributed by atoms with Crippen LogP contribution in [0.15, 0.2) is 29.3 Å². The van der Waals surface area contributed by atoms with Crippen LogP contribution in [-0.4, -0.2) is 51.2 Å². The van der Waals surface area contributed by atoms with Crippen LogP contribution in [0.2, 0.25) is 0 Å². The van der Waals surface area contributed by atoms with Crippen LogP contribution in [0.5, 0.6) is 0 Å². The van der Waals surface area contributed by atoms with Crippen molar-refractivity contribution in [2.45, 2.75) is 13.8 Å². The van der Waals surface area contributed by atoms with Crippen LogP contribution in [0.1, 0.15) is 12.5 Å². The average molecular weight is 308 g/mol. The molecule has 0 amide bonds. The number of guanidine groups is 1. The lowest BCUT2D eigenvalue weighted by molar-refractivity contribution is 0.756. The van der Waals surface area contributed by atoms with Crippen molar-refractivity contribution in [1.29, 1.82) is 0 Å². The highest BCUT2D eigenvalue weighted by Gasteiger charge is 2.04. The van der Waals surface area contributed by atoms with E-state index in [-0.39, 0.29) is 0 Å². The van der Waals surface area contributed by atoms with Gasteiger partial charge in [0.15, 0.2) is 5.96 Å². The molecular formula is C16H28N4S. The summed E-state index contributed by atoms with van der Waals surface area (Å²) in [5.41, 5.74) is 2.58. The summed E-state index contributed by atoms with van der Waals surface area (Å²) >= 11 is 1.83. The van der Waals surface area contributed by atoms with E-state index in [1.54, 1.807) is 0 Å². The molecule has 0 atom stereocenters. The van der Waals surface area contributed by atoms with Gasteiger partial charge in [-0.2, -0.15) is 11.8 Å². The fraction of sp³-hybridized carbons (Fsp3) is 0.562. The maximum atomic E-state index is 4.24. The highest BCUT2D eigenvalue weighted by molar-refractivity contribution is 7.98. The predicted molar refractivity (Wildman–Crippen MR) is 96.8 cm³/mol. The van der Waals surface area contributed by atoms with Gasteiger partial charge in [-0.25, -0.2) is 0 Å². The summed E-state index contributed by atoms with van der Waals surface area (Å²) in [6, 6.07) is 8.65. The van der Waals surface area contributed by atoms with Gasteiger partial charge in [0.05, 0.1) is 0 Å². The lowest BCUT2D eigenvalue weighted by atomic mass is 10.2. The lowest BCUT2D eigenvalue weighted by Gasteiger charge is -2.24. The number of nitrogens with zero attached hydrogens (tertiary/aromatic N) is 2. The second-order valence-corrected chi connectivity index (χ2v) is 5.82. The highest BCUT2D eigenvalue weighted by Crippen LogP contribution is 2.14. The summed E-state index contributed by atoms with van der Waals surface area (Å²) in [6.45, 7) is 8.10. The zero-order valence-electron chi connectivity index (χ0n) is 13.6. The van der Waals surface area contributed by atoms with Crippen molar-refractivity contribution < 1.29 is 0 Å². The molecule has 0 aliphatic carbocycles. The summed E-state index contributed by atoms with van der Waals surface area (Å²) < 4.78 is 0. The predicted octanol–water partition coefficient (Wildman–Crippen LogP) is 2.35. The van der Waals surface area contributed by atoms with Crippen molar-refractivity contribution in [2.75, 3.05) is 50.1 Å². The average Bonchev–Trinajstić information content (AvgIpc) is 2.50. The third-order valence-corrected chi connectivity index (χ3v) is 3.86. The number of nitrogens with one attached hydrogen (secondary N) is 2. The second-order valence-electron chi connectivity index (χ2n) is 4.84. The van der Waals surface area contributed by atoms with E-state index in [1.165, 1.54) is 11.3 Å². The number of thioether (sulfide) groups is 1. The Morgan fingerprint density at radius 1 is 1.29 bits per heavy atom. The molecule has 0 unspecified atom stereocenters. The molecule has 1 aromatic carbocycles. The number of likely N-dealkylation sites (N-methyl/N-ethyl adjacent to an activating group) is 1. The Balaban J connectivity index is 2.41. The van der Waals surface area contributed by atoms with Crippen LogP contribution < -0.4 is 15.5 Å². The molecule has 1 aromatic rings. The molecule has 0 aliphatic rings. The molecule has 0 spiro atoms. The standard InChI is InChI=1S/C16H28N4S/c1-5-20(15-8-6-7-14(2)13-15)11-9-18-16(17-3)19-10-12-21-4/h6-8,13H,5,9-12H2,1-4H3,(H2,17,18,19). The van der Waals surface area contributed by atoms with Crippen LogP contribution in [-0.2, 0) is 0 Å². The number of hydrogen-bond donors (Lipinski definition) is 2. The molecule has 5 heteroatoms. The molecule has 0 saturated heterocycles. The smallest absolute Gasteiger partial charge is 0.191 e. The molecule has 1 rings (SSSR count). The zero-order chi connectivity index (χ0) is 15.5. The first-order valence-electron chi connectivity index (χ1n) is 7.46. The van der Waals surface area contributed by atoms with Crippen molar-refractivity contribution in [1.82, 2.24) is 10.6 Å². The summed E-state index contributed by atoms with van der Waals surface area (Å²) in [7, 11) is 1.81.